The lowest BCUT2D eigenvalue weighted by atomic mass is 10.2. The zero-order valence-electron chi connectivity index (χ0n) is 23.8. The zero-order chi connectivity index (χ0) is 27.6. The Kier molecular flexibility index (Phi) is 7.20. The molecule has 198 valence electrons. The Morgan fingerprint density at radius 3 is 1.32 bits per heavy atom. The number of para-hydroxylation sites is 2. The van der Waals surface area contributed by atoms with E-state index in [9.17, 15) is 0 Å². The second-order valence-corrected chi connectivity index (χ2v) is 24.0. The third-order valence-corrected chi connectivity index (χ3v) is 19.8. The van der Waals surface area contributed by atoms with Crippen molar-refractivity contribution in [3.8, 4) is 11.5 Å². The lowest BCUT2D eigenvalue weighted by Crippen LogP contribution is -2.45. The van der Waals surface area contributed by atoms with Crippen molar-refractivity contribution in [2.75, 3.05) is 0 Å². The molecule has 2 heterocycles. The molecule has 0 aliphatic rings. The number of aromatic nitrogens is 2. The van der Waals surface area contributed by atoms with Gasteiger partial charge in [-0.15, -0.1) is 0 Å². The number of hydrogen-bond donors (Lipinski definition) is 0. The number of nitrogens with zero attached hydrogens (tertiary/aromatic N) is 2. The molecule has 0 aliphatic carbocycles. The monoisotopic (exact) mass is 572 g/mol. The normalized spacial score (nSPS) is 13.4. The molecule has 0 aliphatic heterocycles. The van der Waals surface area contributed by atoms with Crippen LogP contribution in [0.15, 0.2) is 48.8 Å². The Bertz CT molecular complexity index is 1350. The van der Waals surface area contributed by atoms with Gasteiger partial charge < -0.3 is 17.8 Å². The van der Waals surface area contributed by atoms with Crippen LogP contribution < -0.4 is 9.31 Å². The minimum atomic E-state index is -1.94. The molecule has 0 unspecified atom stereocenters. The molecule has 4 aromatic rings. The highest BCUT2D eigenvalue weighted by Crippen LogP contribution is 2.44. The summed E-state index contributed by atoms with van der Waals surface area (Å²) in [5.41, 5.74) is 2.07. The molecule has 0 amide bonds. The van der Waals surface area contributed by atoms with Gasteiger partial charge in [-0.1, -0.05) is 103 Å². The van der Waals surface area contributed by atoms with E-state index < -0.39 is 16.5 Å². The summed E-state index contributed by atoms with van der Waals surface area (Å²) in [5, 5.41) is 3.77. The molecule has 0 N–H and O–H groups in total. The number of benzene rings is 2. The molecule has 0 saturated heterocycles. The number of rotatable bonds is 6. The Balaban J connectivity index is 1.70. The molecule has 0 bridgehead atoms. The van der Waals surface area contributed by atoms with E-state index in [2.05, 4.69) is 101 Å². The fraction of sp³-hybridized carbons (Fsp3) is 0.429. The van der Waals surface area contributed by atoms with E-state index in [1.807, 2.05) is 24.3 Å². The van der Waals surface area contributed by atoms with Crippen LogP contribution in [-0.2, 0) is 0 Å². The van der Waals surface area contributed by atoms with Crippen LogP contribution in [0.25, 0.3) is 21.8 Å². The van der Waals surface area contributed by atoms with Gasteiger partial charge in [-0.2, -0.15) is 0 Å². The molecule has 37 heavy (non-hydrogen) atoms. The van der Waals surface area contributed by atoms with E-state index >= 15 is 0 Å². The number of halogens is 2. The van der Waals surface area contributed by atoms with Crippen LogP contribution in [-0.4, -0.2) is 32.6 Å². The second kappa shape index (κ2) is 9.44. The predicted octanol–water partition coefficient (Wildman–Crippen LogP) is 9.33. The van der Waals surface area contributed by atoms with Crippen molar-refractivity contribution in [3.63, 3.8) is 0 Å². The molecule has 2 aromatic heterocycles. The summed E-state index contributed by atoms with van der Waals surface area (Å²) in [5.74, 6) is 1.57. The van der Waals surface area contributed by atoms with Crippen molar-refractivity contribution in [2.45, 2.75) is 77.8 Å². The molecule has 0 radical (unpaired) electrons. The molecule has 4 rings (SSSR count). The molecule has 0 atom stereocenters. The maximum absolute atomic E-state index is 6.73. The van der Waals surface area contributed by atoms with Crippen molar-refractivity contribution in [1.29, 1.82) is 0 Å². The minimum Gasteiger partial charge on any atom is -0.527 e. The highest BCUT2D eigenvalue weighted by molar-refractivity contribution is 6.80. The van der Waals surface area contributed by atoms with Crippen LogP contribution in [0.1, 0.15) is 41.5 Å². The van der Waals surface area contributed by atoms with E-state index in [1.165, 1.54) is 0 Å². The first-order valence-corrected chi connectivity index (χ1v) is 19.5. The van der Waals surface area contributed by atoms with Gasteiger partial charge in [-0.3, -0.25) is 0 Å². The van der Waals surface area contributed by atoms with Gasteiger partial charge in [0.05, 0.1) is 21.1 Å². The quantitative estimate of drug-likeness (QED) is 0.215. The third-order valence-electron chi connectivity index (χ3n) is 8.78. The van der Waals surface area contributed by atoms with Crippen LogP contribution >= 0.6 is 23.2 Å². The summed E-state index contributed by atoms with van der Waals surface area (Å²) in [6, 6.07) is 12.0. The van der Waals surface area contributed by atoms with Gasteiger partial charge in [0.15, 0.2) is 16.5 Å². The van der Waals surface area contributed by atoms with Crippen molar-refractivity contribution in [1.82, 2.24) is 8.47 Å². The molecule has 0 saturated carbocycles. The smallest absolute Gasteiger partial charge is 0.527 e. The molecule has 9 heteroatoms. The average Bonchev–Trinajstić information content (AvgIpc) is 3.34. The maximum Gasteiger partial charge on any atom is 0.576 e. The zero-order valence-corrected chi connectivity index (χ0v) is 27.3. The Morgan fingerprint density at radius 2 is 1.00 bits per heavy atom. The SMILES string of the molecule is CC(C)(C)[Si](C)(C)n1cc(OBOc2cn([Si](C)(C)C(C)(C)C)c3c(Cl)cccc23)c2cccc(Cl)c21. The van der Waals surface area contributed by atoms with E-state index in [-0.39, 0.29) is 17.8 Å². The van der Waals surface area contributed by atoms with E-state index in [4.69, 9.17) is 32.5 Å². The molecular weight excluding hydrogens is 534 g/mol. The summed E-state index contributed by atoms with van der Waals surface area (Å²) in [7, 11) is -3.79. The highest BCUT2D eigenvalue weighted by Gasteiger charge is 2.40. The fourth-order valence-corrected chi connectivity index (χ4v) is 9.01. The van der Waals surface area contributed by atoms with Gasteiger partial charge in [0.2, 0.25) is 0 Å². The van der Waals surface area contributed by atoms with E-state index in [0.717, 1.165) is 43.4 Å². The second-order valence-electron chi connectivity index (χ2n) is 13.0. The van der Waals surface area contributed by atoms with E-state index in [0.29, 0.717) is 0 Å². The first-order valence-electron chi connectivity index (χ1n) is 12.8. The van der Waals surface area contributed by atoms with Crippen LogP contribution in [0.3, 0.4) is 0 Å². The van der Waals surface area contributed by atoms with Crippen molar-refractivity contribution in [3.05, 3.63) is 58.8 Å². The summed E-state index contributed by atoms with van der Waals surface area (Å²) in [6.07, 6.45) is 4.24. The Hall–Kier alpha value is -1.80. The van der Waals surface area contributed by atoms with Gasteiger partial charge in [0.1, 0.15) is 11.5 Å². The van der Waals surface area contributed by atoms with Crippen LogP contribution in [0.5, 0.6) is 11.5 Å². The highest BCUT2D eigenvalue weighted by atomic mass is 35.5. The molecule has 4 nitrogen and oxygen atoms in total. The molecular formula is C28H39BCl2N2O2Si2. The summed E-state index contributed by atoms with van der Waals surface area (Å²) < 4.78 is 17.4. The lowest BCUT2D eigenvalue weighted by molar-refractivity contribution is 0.464. The van der Waals surface area contributed by atoms with Crippen molar-refractivity contribution in [2.24, 2.45) is 0 Å². The van der Waals surface area contributed by atoms with Gasteiger partial charge in [0, 0.05) is 23.2 Å². The van der Waals surface area contributed by atoms with Gasteiger partial charge in [0.25, 0.3) is 0 Å². The van der Waals surface area contributed by atoms with Gasteiger partial charge >= 0.3 is 7.69 Å². The minimum absolute atomic E-state index is 0.0895. The third kappa shape index (κ3) is 4.77. The first-order chi connectivity index (χ1) is 17.0. The predicted molar refractivity (Wildman–Crippen MR) is 167 cm³/mol. The Labute approximate surface area is 234 Å². The molecule has 0 spiro atoms. The van der Waals surface area contributed by atoms with Crippen LogP contribution in [0.4, 0.5) is 0 Å². The number of hydrogen-bond acceptors (Lipinski definition) is 2. The molecule has 2 aromatic carbocycles. The fourth-order valence-electron chi connectivity index (χ4n) is 4.41. The maximum atomic E-state index is 6.73. The Morgan fingerprint density at radius 1 is 0.649 bits per heavy atom. The summed E-state index contributed by atoms with van der Waals surface area (Å²) >= 11 is 13.5. The molecule has 0 fully saturated rings. The summed E-state index contributed by atoms with van der Waals surface area (Å²) in [6.45, 7) is 23.3. The van der Waals surface area contributed by atoms with Crippen LogP contribution in [0, 0.1) is 0 Å². The topological polar surface area (TPSA) is 28.3 Å². The average molecular weight is 574 g/mol. The summed E-state index contributed by atoms with van der Waals surface area (Å²) in [4.78, 5) is 0. The number of fused-ring (bicyclic) bond motifs is 2. The first kappa shape index (κ1) is 28.2. The van der Waals surface area contributed by atoms with Crippen LogP contribution in [0.2, 0.25) is 46.3 Å². The van der Waals surface area contributed by atoms with Gasteiger partial charge in [-0.05, 0) is 34.3 Å². The van der Waals surface area contributed by atoms with Crippen molar-refractivity contribution >= 4 is 69.2 Å². The standard InChI is InChI=1S/C28H39BCl2N2O2Si2/c1-27(2,3)36(7,8)32-17-23(19-13-11-15-21(30)25(19)32)34-29-35-24-18-33(37(9,10)28(4,5)6)26-20(24)14-12-16-22(26)31/h11-18,29H,1-10H3. The van der Waals surface area contributed by atoms with Crippen molar-refractivity contribution < 1.29 is 9.31 Å². The van der Waals surface area contributed by atoms with E-state index in [1.54, 1.807) is 0 Å². The lowest BCUT2D eigenvalue weighted by Gasteiger charge is -2.38. The van der Waals surface area contributed by atoms with Gasteiger partial charge in [-0.25, -0.2) is 0 Å². The largest absolute Gasteiger partial charge is 0.576 e.